The van der Waals surface area contributed by atoms with Gasteiger partial charge in [0.2, 0.25) is 5.91 Å². The second-order valence-electron chi connectivity index (χ2n) is 8.51. The van der Waals surface area contributed by atoms with E-state index in [4.69, 9.17) is 4.74 Å². The minimum absolute atomic E-state index is 0.0461. The fourth-order valence-electron chi connectivity index (χ4n) is 4.31. The molecular weight excluding hydrogens is 384 g/mol. The highest BCUT2D eigenvalue weighted by molar-refractivity contribution is 5.97. The van der Waals surface area contributed by atoms with Gasteiger partial charge in [0.15, 0.2) is 0 Å². The first kappa shape index (κ1) is 21.0. The van der Waals surface area contributed by atoms with Crippen LogP contribution < -0.4 is 15.0 Å². The fourth-order valence-corrected chi connectivity index (χ4v) is 4.31. The summed E-state index contributed by atoms with van der Waals surface area (Å²) in [5.74, 6) is 0.965. The summed E-state index contributed by atoms with van der Waals surface area (Å²) < 4.78 is 5.30. The topological polar surface area (TPSA) is 41.6 Å². The zero-order valence-corrected chi connectivity index (χ0v) is 18.6. The van der Waals surface area contributed by atoms with Crippen LogP contribution in [0.5, 0.6) is 5.75 Å². The van der Waals surface area contributed by atoms with Gasteiger partial charge in [0.05, 0.1) is 13.2 Å². The molecule has 160 valence electrons. The molecule has 1 N–H and O–H groups in total. The van der Waals surface area contributed by atoms with Crippen LogP contribution in [0, 0.1) is 5.92 Å². The Hall–Kier alpha value is -3.27. The number of nitrogens with one attached hydrogen (secondary N) is 1. The average molecular weight is 415 g/mol. The van der Waals surface area contributed by atoms with Crippen molar-refractivity contribution >= 4 is 17.3 Å². The molecule has 1 aliphatic rings. The molecule has 0 aromatic heterocycles. The monoisotopic (exact) mass is 414 g/mol. The van der Waals surface area contributed by atoms with E-state index in [1.54, 1.807) is 7.11 Å². The molecule has 0 fully saturated rings. The molecule has 0 spiro atoms. The number of para-hydroxylation sites is 1. The van der Waals surface area contributed by atoms with E-state index in [1.165, 1.54) is 0 Å². The van der Waals surface area contributed by atoms with Crippen LogP contribution in [0.25, 0.3) is 11.1 Å². The molecule has 0 aliphatic carbocycles. The lowest BCUT2D eigenvalue weighted by Crippen LogP contribution is -2.46. The van der Waals surface area contributed by atoms with Gasteiger partial charge in [-0.3, -0.25) is 4.79 Å². The molecule has 1 aliphatic heterocycles. The molecule has 3 aromatic rings. The molecule has 2 atom stereocenters. The van der Waals surface area contributed by atoms with Gasteiger partial charge >= 0.3 is 0 Å². The Morgan fingerprint density at radius 2 is 1.68 bits per heavy atom. The lowest BCUT2D eigenvalue weighted by Gasteiger charge is -2.41. The third kappa shape index (κ3) is 4.29. The lowest BCUT2D eigenvalue weighted by atomic mass is 9.88. The highest BCUT2D eigenvalue weighted by Gasteiger charge is 2.34. The molecule has 0 saturated carbocycles. The molecule has 1 amide bonds. The van der Waals surface area contributed by atoms with Gasteiger partial charge in [0, 0.05) is 23.3 Å². The largest absolute Gasteiger partial charge is 0.497 e. The zero-order chi connectivity index (χ0) is 22.0. The van der Waals surface area contributed by atoms with Gasteiger partial charge in [-0.25, -0.2) is 0 Å². The Morgan fingerprint density at radius 3 is 2.32 bits per heavy atom. The van der Waals surface area contributed by atoms with Crippen molar-refractivity contribution < 1.29 is 9.53 Å². The third-order valence-corrected chi connectivity index (χ3v) is 5.95. The van der Waals surface area contributed by atoms with Crippen LogP contribution in [0.3, 0.4) is 0 Å². The summed E-state index contributed by atoms with van der Waals surface area (Å²) in [5.41, 5.74) is 5.51. The highest BCUT2D eigenvalue weighted by atomic mass is 16.5. The number of hydrogen-bond acceptors (Lipinski definition) is 3. The maximum Gasteiger partial charge on any atom is 0.229 e. The summed E-state index contributed by atoms with van der Waals surface area (Å²) in [6, 6.07) is 25.1. The molecule has 0 bridgehead atoms. The number of anilines is 2. The fraction of sp³-hybridized carbons (Fsp3) is 0.296. The van der Waals surface area contributed by atoms with E-state index in [0.717, 1.165) is 40.2 Å². The van der Waals surface area contributed by atoms with E-state index in [2.05, 4.69) is 54.7 Å². The van der Waals surface area contributed by atoms with E-state index >= 15 is 0 Å². The maximum absolute atomic E-state index is 13.1. The number of fused-ring (bicyclic) bond motifs is 1. The average Bonchev–Trinajstić information content (AvgIpc) is 2.79. The van der Waals surface area contributed by atoms with Crippen molar-refractivity contribution in [2.75, 3.05) is 17.3 Å². The molecule has 0 saturated heterocycles. The van der Waals surface area contributed by atoms with Crippen LogP contribution >= 0.6 is 0 Å². The van der Waals surface area contributed by atoms with Crippen molar-refractivity contribution in [2.24, 2.45) is 5.92 Å². The number of methoxy groups -OCH3 is 1. The van der Waals surface area contributed by atoms with Crippen LogP contribution in [0.2, 0.25) is 0 Å². The molecule has 0 radical (unpaired) electrons. The van der Waals surface area contributed by atoms with Gasteiger partial charge in [0.1, 0.15) is 5.75 Å². The number of hydrogen-bond donors (Lipinski definition) is 1. The summed E-state index contributed by atoms with van der Waals surface area (Å²) in [5, 5.41) is 3.70. The van der Waals surface area contributed by atoms with Gasteiger partial charge in [-0.05, 0) is 66.4 Å². The SMILES string of the molecule is COc1ccc(-c2ccc3c(c2)[C@@H](Nc2ccccc2)C[C@@H](C)N3C(=O)C(C)C)cc1. The number of carbonyl (C=O) groups is 1. The first-order chi connectivity index (χ1) is 15.0. The van der Waals surface area contributed by atoms with Crippen molar-refractivity contribution in [3.63, 3.8) is 0 Å². The van der Waals surface area contributed by atoms with Crippen molar-refractivity contribution in [3.05, 3.63) is 78.4 Å². The van der Waals surface area contributed by atoms with Crippen molar-refractivity contribution in [1.82, 2.24) is 0 Å². The second kappa shape index (κ2) is 8.84. The van der Waals surface area contributed by atoms with Gasteiger partial charge in [0.25, 0.3) is 0 Å². The molecule has 0 unspecified atom stereocenters. The Balaban J connectivity index is 1.77. The van der Waals surface area contributed by atoms with Gasteiger partial charge in [-0.1, -0.05) is 50.2 Å². The molecule has 3 aromatic carbocycles. The van der Waals surface area contributed by atoms with Crippen LogP contribution in [-0.4, -0.2) is 19.1 Å². The van der Waals surface area contributed by atoms with E-state index in [0.29, 0.717) is 0 Å². The molecule has 31 heavy (non-hydrogen) atoms. The summed E-state index contributed by atoms with van der Waals surface area (Å²) in [4.78, 5) is 15.0. The molecule has 1 heterocycles. The second-order valence-corrected chi connectivity index (χ2v) is 8.51. The first-order valence-electron chi connectivity index (χ1n) is 10.9. The number of amides is 1. The lowest BCUT2D eigenvalue weighted by molar-refractivity contribution is -0.122. The minimum atomic E-state index is -0.0461. The van der Waals surface area contributed by atoms with E-state index in [-0.39, 0.29) is 23.9 Å². The van der Waals surface area contributed by atoms with Crippen molar-refractivity contribution in [3.8, 4) is 16.9 Å². The predicted molar refractivity (Wildman–Crippen MR) is 128 cm³/mol. The quantitative estimate of drug-likeness (QED) is 0.533. The number of ether oxygens (including phenoxy) is 1. The van der Waals surface area contributed by atoms with Crippen LogP contribution in [0.4, 0.5) is 11.4 Å². The Morgan fingerprint density at radius 1 is 1.00 bits per heavy atom. The molecule has 4 rings (SSSR count). The van der Waals surface area contributed by atoms with Gasteiger partial charge < -0.3 is 15.0 Å². The van der Waals surface area contributed by atoms with Gasteiger partial charge in [-0.2, -0.15) is 0 Å². The Kier molecular flexibility index (Phi) is 5.99. The maximum atomic E-state index is 13.1. The summed E-state index contributed by atoms with van der Waals surface area (Å²) in [6.45, 7) is 6.07. The highest BCUT2D eigenvalue weighted by Crippen LogP contribution is 2.41. The zero-order valence-electron chi connectivity index (χ0n) is 18.6. The van der Waals surface area contributed by atoms with Crippen molar-refractivity contribution in [1.29, 1.82) is 0 Å². The Bertz CT molecular complexity index is 1040. The summed E-state index contributed by atoms with van der Waals surface area (Å²) in [6.07, 6.45) is 0.854. The number of nitrogens with zero attached hydrogens (tertiary/aromatic N) is 1. The standard InChI is InChI=1S/C27H30N2O2/c1-18(2)27(30)29-19(3)16-25(28-22-8-6-5-7-9-22)24-17-21(12-15-26(24)29)20-10-13-23(31-4)14-11-20/h5-15,17-19,25,28H,16H2,1-4H3/t19-,25+/m1/s1. The summed E-state index contributed by atoms with van der Waals surface area (Å²) in [7, 11) is 1.68. The van der Waals surface area contributed by atoms with Crippen LogP contribution in [-0.2, 0) is 4.79 Å². The normalized spacial score (nSPS) is 17.9. The van der Waals surface area contributed by atoms with Gasteiger partial charge in [-0.15, -0.1) is 0 Å². The molecular formula is C27H30N2O2. The van der Waals surface area contributed by atoms with E-state index in [1.807, 2.05) is 49.1 Å². The Labute approximate surface area is 184 Å². The van der Waals surface area contributed by atoms with E-state index < -0.39 is 0 Å². The number of carbonyl (C=O) groups excluding carboxylic acids is 1. The van der Waals surface area contributed by atoms with Crippen molar-refractivity contribution in [2.45, 2.75) is 39.3 Å². The smallest absolute Gasteiger partial charge is 0.229 e. The molecule has 4 nitrogen and oxygen atoms in total. The predicted octanol–water partition coefficient (Wildman–Crippen LogP) is 6.30. The van der Waals surface area contributed by atoms with Crippen LogP contribution in [0.15, 0.2) is 72.8 Å². The minimum Gasteiger partial charge on any atom is -0.497 e. The molecule has 4 heteroatoms. The van der Waals surface area contributed by atoms with Crippen LogP contribution in [0.1, 0.15) is 38.8 Å². The number of benzene rings is 3. The third-order valence-electron chi connectivity index (χ3n) is 5.95. The first-order valence-corrected chi connectivity index (χ1v) is 10.9. The number of rotatable bonds is 5. The summed E-state index contributed by atoms with van der Waals surface area (Å²) >= 11 is 0. The van der Waals surface area contributed by atoms with E-state index in [9.17, 15) is 4.79 Å².